The smallest absolute Gasteiger partial charge is 0.256 e. The van der Waals surface area contributed by atoms with Crippen LogP contribution in [-0.4, -0.2) is 30.0 Å². The minimum absolute atomic E-state index is 0.000680. The van der Waals surface area contributed by atoms with Gasteiger partial charge in [0.05, 0.1) is 11.3 Å². The number of aryl methyl sites for hydroxylation is 1. The van der Waals surface area contributed by atoms with Crippen molar-refractivity contribution in [1.82, 2.24) is 5.32 Å². The molecule has 0 bridgehead atoms. The van der Waals surface area contributed by atoms with E-state index in [1.807, 2.05) is 37.3 Å². The molecule has 2 aliphatic rings. The van der Waals surface area contributed by atoms with E-state index >= 15 is 0 Å². The van der Waals surface area contributed by atoms with Gasteiger partial charge in [-0.2, -0.15) is 0 Å². The SMILES string of the molecule is Cc1ccc(NC(=O)C2CC2)cc1NC(=O)c1ccccc1SCC(=O)NCC1CCCCC1. The summed E-state index contributed by atoms with van der Waals surface area (Å²) in [5.74, 6) is 0.778. The lowest BCUT2D eigenvalue weighted by molar-refractivity contribution is -0.119. The Morgan fingerprint density at radius 2 is 1.71 bits per heavy atom. The van der Waals surface area contributed by atoms with Gasteiger partial charge in [-0.1, -0.05) is 37.5 Å². The third kappa shape index (κ3) is 6.86. The normalized spacial score (nSPS) is 16.0. The molecular weight excluding hydrogens is 446 g/mol. The summed E-state index contributed by atoms with van der Waals surface area (Å²) in [6.45, 7) is 2.66. The van der Waals surface area contributed by atoms with Crippen LogP contribution in [0.1, 0.15) is 60.9 Å². The van der Waals surface area contributed by atoms with Crippen LogP contribution in [0.5, 0.6) is 0 Å². The van der Waals surface area contributed by atoms with Gasteiger partial charge in [-0.3, -0.25) is 14.4 Å². The van der Waals surface area contributed by atoms with Gasteiger partial charge in [0.2, 0.25) is 11.8 Å². The third-order valence-electron chi connectivity index (χ3n) is 6.50. The van der Waals surface area contributed by atoms with Crippen LogP contribution in [-0.2, 0) is 9.59 Å². The number of benzene rings is 2. The molecule has 34 heavy (non-hydrogen) atoms. The molecule has 0 atom stereocenters. The molecule has 0 radical (unpaired) electrons. The molecule has 3 N–H and O–H groups in total. The van der Waals surface area contributed by atoms with E-state index in [1.165, 1.54) is 43.9 Å². The molecule has 0 heterocycles. The van der Waals surface area contributed by atoms with Crippen molar-refractivity contribution in [3.63, 3.8) is 0 Å². The van der Waals surface area contributed by atoms with Crippen molar-refractivity contribution in [2.45, 2.75) is 56.8 Å². The van der Waals surface area contributed by atoms with E-state index < -0.39 is 0 Å². The number of thioether (sulfide) groups is 1. The van der Waals surface area contributed by atoms with Crippen LogP contribution in [0, 0.1) is 18.8 Å². The predicted octanol–water partition coefficient (Wildman–Crippen LogP) is 5.38. The van der Waals surface area contributed by atoms with Crippen molar-refractivity contribution >= 4 is 40.9 Å². The van der Waals surface area contributed by atoms with Gasteiger partial charge in [-0.05, 0) is 68.4 Å². The van der Waals surface area contributed by atoms with E-state index in [9.17, 15) is 14.4 Å². The Morgan fingerprint density at radius 3 is 2.47 bits per heavy atom. The number of carbonyl (C=O) groups is 3. The molecule has 2 aromatic carbocycles. The monoisotopic (exact) mass is 479 g/mol. The van der Waals surface area contributed by atoms with Crippen molar-refractivity contribution in [1.29, 1.82) is 0 Å². The molecule has 2 fully saturated rings. The van der Waals surface area contributed by atoms with Gasteiger partial charge < -0.3 is 16.0 Å². The first-order valence-corrected chi connectivity index (χ1v) is 13.2. The van der Waals surface area contributed by atoms with E-state index in [4.69, 9.17) is 0 Å². The maximum Gasteiger partial charge on any atom is 0.256 e. The molecule has 4 rings (SSSR count). The quantitative estimate of drug-likeness (QED) is 0.421. The highest BCUT2D eigenvalue weighted by Gasteiger charge is 2.29. The summed E-state index contributed by atoms with van der Waals surface area (Å²) < 4.78 is 0. The summed E-state index contributed by atoms with van der Waals surface area (Å²) in [7, 11) is 0. The van der Waals surface area contributed by atoms with Crippen molar-refractivity contribution in [3.8, 4) is 0 Å². The zero-order valence-electron chi connectivity index (χ0n) is 19.7. The average Bonchev–Trinajstić information content (AvgIpc) is 3.70. The first-order chi connectivity index (χ1) is 16.5. The molecule has 3 amide bonds. The van der Waals surface area contributed by atoms with Crippen LogP contribution in [0.3, 0.4) is 0 Å². The highest BCUT2D eigenvalue weighted by atomic mass is 32.2. The van der Waals surface area contributed by atoms with Gasteiger partial charge >= 0.3 is 0 Å². The second-order valence-electron chi connectivity index (χ2n) is 9.34. The molecule has 0 saturated heterocycles. The molecule has 0 aliphatic heterocycles. The fourth-order valence-electron chi connectivity index (χ4n) is 4.24. The molecule has 0 spiro atoms. The van der Waals surface area contributed by atoms with E-state index in [1.54, 1.807) is 12.1 Å². The van der Waals surface area contributed by atoms with E-state index in [2.05, 4.69) is 16.0 Å². The molecule has 2 saturated carbocycles. The van der Waals surface area contributed by atoms with Crippen LogP contribution in [0.4, 0.5) is 11.4 Å². The Kier molecular flexibility index (Phi) is 8.27. The maximum atomic E-state index is 13.1. The molecule has 0 aromatic heterocycles. The lowest BCUT2D eigenvalue weighted by Gasteiger charge is -2.21. The van der Waals surface area contributed by atoms with Crippen LogP contribution in [0.2, 0.25) is 0 Å². The Morgan fingerprint density at radius 1 is 0.941 bits per heavy atom. The Hall–Kier alpha value is -2.80. The van der Waals surface area contributed by atoms with E-state index in [-0.39, 0.29) is 29.4 Å². The molecule has 2 aliphatic carbocycles. The van der Waals surface area contributed by atoms with Crippen molar-refractivity contribution in [2.75, 3.05) is 22.9 Å². The summed E-state index contributed by atoms with van der Waals surface area (Å²) in [5.41, 5.74) is 2.77. The van der Waals surface area contributed by atoms with Gasteiger partial charge in [0.25, 0.3) is 5.91 Å². The number of hydrogen-bond acceptors (Lipinski definition) is 4. The molecule has 0 unspecified atom stereocenters. The maximum absolute atomic E-state index is 13.1. The summed E-state index contributed by atoms with van der Waals surface area (Å²) in [6.07, 6.45) is 8.09. The summed E-state index contributed by atoms with van der Waals surface area (Å²) in [6, 6.07) is 12.9. The number of nitrogens with one attached hydrogen (secondary N) is 3. The molecular formula is C27H33N3O3S. The minimum atomic E-state index is -0.237. The first-order valence-electron chi connectivity index (χ1n) is 12.2. The lowest BCUT2D eigenvalue weighted by atomic mass is 9.89. The highest BCUT2D eigenvalue weighted by molar-refractivity contribution is 8.00. The Labute approximate surface area is 205 Å². The van der Waals surface area contributed by atoms with Gasteiger partial charge in [0.15, 0.2) is 0 Å². The van der Waals surface area contributed by atoms with Crippen LogP contribution < -0.4 is 16.0 Å². The second-order valence-corrected chi connectivity index (χ2v) is 10.4. The van der Waals surface area contributed by atoms with Crippen molar-refractivity contribution in [2.24, 2.45) is 11.8 Å². The topological polar surface area (TPSA) is 87.3 Å². The van der Waals surface area contributed by atoms with Gasteiger partial charge in [-0.15, -0.1) is 11.8 Å². The summed E-state index contributed by atoms with van der Waals surface area (Å²) >= 11 is 1.38. The zero-order valence-corrected chi connectivity index (χ0v) is 20.5. The Bertz CT molecular complexity index is 1050. The highest BCUT2D eigenvalue weighted by Crippen LogP contribution is 2.31. The van der Waals surface area contributed by atoms with Gasteiger partial charge in [0.1, 0.15) is 0 Å². The second kappa shape index (κ2) is 11.6. The standard InChI is InChI=1S/C27H33N3O3S/c1-18-11-14-21(29-26(32)20-12-13-20)15-23(18)30-27(33)22-9-5-6-10-24(22)34-17-25(31)28-16-19-7-3-2-4-8-19/h5-6,9-11,14-15,19-20H,2-4,7-8,12-13,16-17H2,1H3,(H,28,31)(H,29,32)(H,30,33). The van der Waals surface area contributed by atoms with E-state index in [0.717, 1.165) is 29.8 Å². The fraction of sp³-hybridized carbons (Fsp3) is 0.444. The number of carbonyl (C=O) groups excluding carboxylic acids is 3. The van der Waals surface area contributed by atoms with Gasteiger partial charge in [0, 0.05) is 28.7 Å². The lowest BCUT2D eigenvalue weighted by Crippen LogP contribution is -2.31. The largest absolute Gasteiger partial charge is 0.355 e. The Balaban J connectivity index is 1.34. The molecule has 2 aromatic rings. The number of hydrogen-bond donors (Lipinski definition) is 3. The van der Waals surface area contributed by atoms with Crippen molar-refractivity contribution in [3.05, 3.63) is 53.6 Å². The first kappa shape index (κ1) is 24.3. The van der Waals surface area contributed by atoms with Crippen LogP contribution >= 0.6 is 11.8 Å². The minimum Gasteiger partial charge on any atom is -0.355 e. The zero-order chi connectivity index (χ0) is 23.9. The number of rotatable bonds is 9. The van der Waals surface area contributed by atoms with Gasteiger partial charge in [-0.25, -0.2) is 0 Å². The number of amides is 3. The van der Waals surface area contributed by atoms with E-state index in [0.29, 0.717) is 22.9 Å². The summed E-state index contributed by atoms with van der Waals surface area (Å²) in [4.78, 5) is 38.3. The van der Waals surface area contributed by atoms with Crippen LogP contribution in [0.25, 0.3) is 0 Å². The fourth-order valence-corrected chi connectivity index (χ4v) is 5.12. The summed E-state index contributed by atoms with van der Waals surface area (Å²) in [5, 5.41) is 8.96. The average molecular weight is 480 g/mol. The predicted molar refractivity (Wildman–Crippen MR) is 137 cm³/mol. The van der Waals surface area contributed by atoms with Crippen LogP contribution in [0.15, 0.2) is 47.4 Å². The molecule has 180 valence electrons. The number of anilines is 2. The molecule has 7 heteroatoms. The molecule has 6 nitrogen and oxygen atoms in total. The third-order valence-corrected chi connectivity index (χ3v) is 7.58. The van der Waals surface area contributed by atoms with Crippen molar-refractivity contribution < 1.29 is 14.4 Å².